The van der Waals surface area contributed by atoms with Gasteiger partial charge in [0.15, 0.2) is 4.90 Å². The van der Waals surface area contributed by atoms with Gasteiger partial charge in [-0.1, -0.05) is 60.7 Å². The van der Waals surface area contributed by atoms with Crippen molar-refractivity contribution in [1.82, 2.24) is 4.72 Å². The van der Waals surface area contributed by atoms with Crippen molar-refractivity contribution in [2.75, 3.05) is 6.61 Å². The lowest BCUT2D eigenvalue weighted by atomic mass is 9.98. The maximum atomic E-state index is 12.4. The van der Waals surface area contributed by atoms with Gasteiger partial charge in [-0.3, -0.25) is 10.1 Å². The predicted octanol–water partition coefficient (Wildman–Crippen LogP) is 3.82. The molecule has 1 aliphatic rings. The van der Waals surface area contributed by atoms with Crippen LogP contribution in [0.3, 0.4) is 0 Å². The lowest BCUT2D eigenvalue weighted by Crippen LogP contribution is -2.32. The fourth-order valence-electron chi connectivity index (χ4n) is 3.63. The van der Waals surface area contributed by atoms with Crippen molar-refractivity contribution in [3.05, 3.63) is 94.0 Å². The topological polar surface area (TPSA) is 116 Å². The first kappa shape index (κ1) is 19.6. The van der Waals surface area contributed by atoms with Gasteiger partial charge in [0.25, 0.3) is 15.7 Å². The maximum absolute atomic E-state index is 12.4. The molecular formula is C21H16N2O6S. The Morgan fingerprint density at radius 3 is 2.07 bits per heavy atom. The van der Waals surface area contributed by atoms with Gasteiger partial charge in [-0.05, 0) is 28.3 Å². The Bertz CT molecular complexity index is 1210. The number of nitrogens with one attached hydrogen (secondary N) is 1. The molecule has 1 amide bonds. The number of fused-ring (bicyclic) bond motifs is 3. The van der Waals surface area contributed by atoms with Crippen LogP contribution in [0, 0.1) is 10.1 Å². The van der Waals surface area contributed by atoms with Crippen molar-refractivity contribution in [2.24, 2.45) is 0 Å². The van der Waals surface area contributed by atoms with E-state index in [1.165, 1.54) is 12.1 Å². The summed E-state index contributed by atoms with van der Waals surface area (Å²) in [6, 6.07) is 20.2. The molecule has 0 fully saturated rings. The van der Waals surface area contributed by atoms with Gasteiger partial charge in [-0.25, -0.2) is 17.9 Å². The summed E-state index contributed by atoms with van der Waals surface area (Å²) in [7, 11) is -4.47. The summed E-state index contributed by atoms with van der Waals surface area (Å²) in [5, 5.41) is 11.1. The highest BCUT2D eigenvalue weighted by Crippen LogP contribution is 2.44. The second-order valence-electron chi connectivity index (χ2n) is 6.66. The van der Waals surface area contributed by atoms with Crippen molar-refractivity contribution in [2.45, 2.75) is 10.8 Å². The third-order valence-electron chi connectivity index (χ3n) is 4.91. The van der Waals surface area contributed by atoms with Crippen molar-refractivity contribution in [3.63, 3.8) is 0 Å². The zero-order valence-corrected chi connectivity index (χ0v) is 16.3. The summed E-state index contributed by atoms with van der Waals surface area (Å²) < 4.78 is 31.8. The zero-order chi connectivity index (χ0) is 21.3. The van der Waals surface area contributed by atoms with Gasteiger partial charge >= 0.3 is 6.09 Å². The van der Waals surface area contributed by atoms with Crippen LogP contribution in [0.4, 0.5) is 10.5 Å². The molecule has 0 spiro atoms. The second-order valence-corrected chi connectivity index (χ2v) is 8.31. The fraction of sp³-hybridized carbons (Fsp3) is 0.0952. The molecule has 3 aromatic carbocycles. The normalized spacial score (nSPS) is 12.7. The van der Waals surface area contributed by atoms with Crippen molar-refractivity contribution in [3.8, 4) is 11.1 Å². The van der Waals surface area contributed by atoms with Crippen LogP contribution in [0.2, 0.25) is 0 Å². The number of nitro groups is 1. The van der Waals surface area contributed by atoms with Gasteiger partial charge in [0, 0.05) is 12.0 Å². The molecule has 152 valence electrons. The Hall–Kier alpha value is -3.72. The Morgan fingerprint density at radius 2 is 1.47 bits per heavy atom. The summed E-state index contributed by atoms with van der Waals surface area (Å²) in [6.07, 6.45) is -1.20. The van der Waals surface area contributed by atoms with Crippen LogP contribution < -0.4 is 4.72 Å². The molecule has 0 atom stereocenters. The molecule has 0 saturated carbocycles. The van der Waals surface area contributed by atoms with Gasteiger partial charge in [-0.15, -0.1) is 0 Å². The van der Waals surface area contributed by atoms with Crippen molar-refractivity contribution < 1.29 is 22.9 Å². The Labute approximate surface area is 172 Å². The molecule has 0 aliphatic heterocycles. The molecule has 0 saturated heterocycles. The summed E-state index contributed by atoms with van der Waals surface area (Å²) in [5.74, 6) is -0.239. The second kappa shape index (κ2) is 7.60. The van der Waals surface area contributed by atoms with Crippen LogP contribution in [0.5, 0.6) is 0 Å². The molecule has 0 radical (unpaired) electrons. The number of benzene rings is 3. The van der Waals surface area contributed by atoms with Gasteiger partial charge in [-0.2, -0.15) is 0 Å². The average Bonchev–Trinajstić information content (AvgIpc) is 3.06. The first-order chi connectivity index (χ1) is 14.4. The number of ether oxygens (including phenoxy) is 1. The van der Waals surface area contributed by atoms with Crippen LogP contribution in [-0.4, -0.2) is 26.0 Å². The van der Waals surface area contributed by atoms with E-state index in [1.54, 1.807) is 4.72 Å². The molecule has 3 aromatic rings. The van der Waals surface area contributed by atoms with Crippen LogP contribution >= 0.6 is 0 Å². The maximum Gasteiger partial charge on any atom is 0.421 e. The highest BCUT2D eigenvalue weighted by Gasteiger charge is 2.31. The van der Waals surface area contributed by atoms with Crippen LogP contribution in [0.1, 0.15) is 17.0 Å². The van der Waals surface area contributed by atoms with E-state index in [1.807, 2.05) is 48.5 Å². The van der Waals surface area contributed by atoms with Crippen LogP contribution in [-0.2, 0) is 14.8 Å². The van der Waals surface area contributed by atoms with E-state index in [-0.39, 0.29) is 12.5 Å². The number of para-hydroxylation sites is 1. The first-order valence-electron chi connectivity index (χ1n) is 8.99. The minimum absolute atomic E-state index is 0.0771. The van der Waals surface area contributed by atoms with Gasteiger partial charge in [0.1, 0.15) is 6.61 Å². The quantitative estimate of drug-likeness (QED) is 0.492. The highest BCUT2D eigenvalue weighted by molar-refractivity contribution is 7.90. The Morgan fingerprint density at radius 1 is 0.933 bits per heavy atom. The summed E-state index contributed by atoms with van der Waals surface area (Å²) in [6.45, 7) is -0.0771. The average molecular weight is 424 g/mol. The van der Waals surface area contributed by atoms with E-state index in [9.17, 15) is 23.3 Å². The van der Waals surface area contributed by atoms with E-state index < -0.39 is 31.6 Å². The molecule has 1 aliphatic carbocycles. The standard InChI is InChI=1S/C21H16N2O6S/c24-21(22-30(27,28)20-12-6-5-11-19(20)23(25)26)29-13-18-16-9-3-1-7-14(16)15-8-2-4-10-17(15)18/h1-12,18H,13H2,(H,22,24). The lowest BCUT2D eigenvalue weighted by molar-refractivity contribution is -0.387. The summed E-state index contributed by atoms with van der Waals surface area (Å²) in [4.78, 5) is 21.9. The molecule has 8 nitrogen and oxygen atoms in total. The monoisotopic (exact) mass is 424 g/mol. The molecule has 4 rings (SSSR count). The molecular weight excluding hydrogens is 408 g/mol. The highest BCUT2D eigenvalue weighted by atomic mass is 32.2. The number of carbonyl (C=O) groups is 1. The fourth-order valence-corrected chi connectivity index (χ4v) is 4.69. The number of carbonyl (C=O) groups excluding carboxylic acids is 1. The summed E-state index contributed by atoms with van der Waals surface area (Å²) >= 11 is 0. The number of sulfonamides is 1. The van der Waals surface area contributed by atoms with E-state index in [2.05, 4.69) is 0 Å². The third kappa shape index (κ3) is 3.50. The van der Waals surface area contributed by atoms with Crippen LogP contribution in [0.15, 0.2) is 77.7 Å². The van der Waals surface area contributed by atoms with E-state index in [0.29, 0.717) is 0 Å². The number of hydrogen-bond donors (Lipinski definition) is 1. The van der Waals surface area contributed by atoms with Gasteiger partial charge < -0.3 is 4.74 Å². The number of nitro benzene ring substituents is 1. The van der Waals surface area contributed by atoms with Gasteiger partial charge in [0.2, 0.25) is 0 Å². The number of hydrogen-bond acceptors (Lipinski definition) is 6. The van der Waals surface area contributed by atoms with E-state index in [4.69, 9.17) is 4.74 Å². The van der Waals surface area contributed by atoms with Gasteiger partial charge in [0.05, 0.1) is 4.92 Å². The number of amides is 1. The van der Waals surface area contributed by atoms with E-state index in [0.717, 1.165) is 34.4 Å². The predicted molar refractivity (Wildman–Crippen MR) is 108 cm³/mol. The molecule has 0 heterocycles. The minimum atomic E-state index is -4.47. The molecule has 1 N–H and O–H groups in total. The molecule has 0 aromatic heterocycles. The number of rotatable bonds is 5. The Balaban J connectivity index is 1.52. The molecule has 0 bridgehead atoms. The molecule has 0 unspecified atom stereocenters. The van der Waals surface area contributed by atoms with Crippen molar-refractivity contribution in [1.29, 1.82) is 0 Å². The smallest absolute Gasteiger partial charge is 0.421 e. The minimum Gasteiger partial charge on any atom is -0.448 e. The van der Waals surface area contributed by atoms with E-state index >= 15 is 0 Å². The largest absolute Gasteiger partial charge is 0.448 e. The molecule has 9 heteroatoms. The third-order valence-corrected chi connectivity index (χ3v) is 6.27. The van der Waals surface area contributed by atoms with Crippen LogP contribution in [0.25, 0.3) is 11.1 Å². The Kier molecular flexibility index (Phi) is 4.96. The first-order valence-corrected chi connectivity index (χ1v) is 10.5. The SMILES string of the molecule is O=C(NS(=O)(=O)c1ccccc1[N+](=O)[O-])OCC1c2ccccc2-c2ccccc21. The van der Waals surface area contributed by atoms with Crippen molar-refractivity contribution >= 4 is 21.8 Å². The molecule has 30 heavy (non-hydrogen) atoms. The zero-order valence-electron chi connectivity index (χ0n) is 15.5. The summed E-state index contributed by atoms with van der Waals surface area (Å²) in [5.41, 5.74) is 3.40. The lowest BCUT2D eigenvalue weighted by Gasteiger charge is -2.14. The number of nitrogens with zero attached hydrogens (tertiary/aromatic N) is 1.